The molecule has 3 nitrogen and oxygen atoms in total. The van der Waals surface area contributed by atoms with Crippen LogP contribution >= 0.6 is 35.1 Å². The van der Waals surface area contributed by atoms with Crippen molar-refractivity contribution in [2.45, 2.75) is 11.4 Å². The monoisotopic (exact) mass is 340 g/mol. The topological polar surface area (TPSA) is 24.5 Å². The molecule has 0 unspecified atom stereocenters. The van der Waals surface area contributed by atoms with Gasteiger partial charge in [-0.2, -0.15) is 0 Å². The van der Waals surface area contributed by atoms with Gasteiger partial charge in [0.05, 0.1) is 29.4 Å². The predicted molar refractivity (Wildman–Crippen MR) is 89.3 cm³/mol. The minimum Gasteiger partial charge on any atom is -0.497 e. The minimum absolute atomic E-state index is 0.646. The van der Waals surface area contributed by atoms with E-state index in [1.54, 1.807) is 25.1 Å². The maximum Gasteiger partial charge on any atom is 0.119 e. The van der Waals surface area contributed by atoms with Gasteiger partial charge in [-0.1, -0.05) is 35.3 Å². The fourth-order valence-corrected chi connectivity index (χ4v) is 3.76. The molecule has 0 saturated heterocycles. The van der Waals surface area contributed by atoms with E-state index < -0.39 is 0 Å². The molecule has 0 aromatic heterocycles. The number of hydrogen-bond acceptors (Lipinski definition) is 4. The fourth-order valence-electron chi connectivity index (χ4n) is 2.18. The summed E-state index contributed by atoms with van der Waals surface area (Å²) in [7, 11) is 1.68. The molecule has 0 atom stereocenters. The van der Waals surface area contributed by atoms with Gasteiger partial charge in [0.2, 0.25) is 0 Å². The Morgan fingerprint density at radius 1 is 1.29 bits per heavy atom. The summed E-state index contributed by atoms with van der Waals surface area (Å²) in [5, 5.41) is 4.67. The first kappa shape index (κ1) is 14.9. The van der Waals surface area contributed by atoms with E-state index in [9.17, 15) is 0 Å². The van der Waals surface area contributed by atoms with Crippen molar-refractivity contribution in [2.75, 3.05) is 19.1 Å². The third-order valence-corrected chi connectivity index (χ3v) is 4.93. The van der Waals surface area contributed by atoms with Gasteiger partial charge in [0.1, 0.15) is 5.75 Å². The van der Waals surface area contributed by atoms with Crippen molar-refractivity contribution < 1.29 is 4.74 Å². The Balaban J connectivity index is 1.77. The highest BCUT2D eigenvalue weighted by molar-refractivity contribution is 7.97. The SMILES string of the molecule is COc1cccc(CN2CNc3cc(Cl)cc(Cl)c3S2)c1. The van der Waals surface area contributed by atoms with E-state index in [2.05, 4.69) is 15.7 Å². The molecule has 0 radical (unpaired) electrons. The summed E-state index contributed by atoms with van der Waals surface area (Å²) in [5.41, 5.74) is 2.18. The van der Waals surface area contributed by atoms with Gasteiger partial charge >= 0.3 is 0 Å². The molecule has 110 valence electrons. The Labute approximate surface area is 138 Å². The molecule has 0 spiro atoms. The van der Waals surface area contributed by atoms with E-state index in [1.807, 2.05) is 24.3 Å². The Hall–Kier alpha value is -1.07. The summed E-state index contributed by atoms with van der Waals surface area (Å²) in [6.45, 7) is 1.53. The van der Waals surface area contributed by atoms with Crippen LogP contribution < -0.4 is 10.1 Å². The van der Waals surface area contributed by atoms with Crippen molar-refractivity contribution in [3.8, 4) is 5.75 Å². The Kier molecular flexibility index (Phi) is 4.50. The van der Waals surface area contributed by atoms with Crippen LogP contribution in [0.15, 0.2) is 41.3 Å². The quantitative estimate of drug-likeness (QED) is 0.803. The summed E-state index contributed by atoms with van der Waals surface area (Å²) in [6, 6.07) is 11.7. The summed E-state index contributed by atoms with van der Waals surface area (Å²) in [4.78, 5) is 1.01. The molecule has 1 aliphatic rings. The number of fused-ring (bicyclic) bond motifs is 1. The third-order valence-electron chi connectivity index (χ3n) is 3.17. The van der Waals surface area contributed by atoms with Gasteiger partial charge in [-0.25, -0.2) is 4.31 Å². The Morgan fingerprint density at radius 2 is 2.14 bits per heavy atom. The van der Waals surface area contributed by atoms with E-state index in [0.29, 0.717) is 10.0 Å². The highest BCUT2D eigenvalue weighted by Crippen LogP contribution is 2.41. The first-order valence-corrected chi connectivity index (χ1v) is 7.97. The van der Waals surface area contributed by atoms with Crippen LogP contribution in [0.4, 0.5) is 5.69 Å². The number of benzene rings is 2. The van der Waals surface area contributed by atoms with Crippen LogP contribution in [-0.2, 0) is 6.54 Å². The molecule has 1 N–H and O–H groups in total. The molecule has 1 aliphatic heterocycles. The lowest BCUT2D eigenvalue weighted by Crippen LogP contribution is -2.26. The van der Waals surface area contributed by atoms with Gasteiger partial charge in [-0.3, -0.25) is 0 Å². The average molecular weight is 341 g/mol. The van der Waals surface area contributed by atoms with Crippen LogP contribution in [0.25, 0.3) is 0 Å². The number of ether oxygens (including phenoxy) is 1. The Bertz CT molecular complexity index is 666. The van der Waals surface area contributed by atoms with Crippen LogP contribution in [0.3, 0.4) is 0 Å². The predicted octanol–water partition coefficient (Wildman–Crippen LogP) is 4.89. The number of hydrogen-bond donors (Lipinski definition) is 1. The molecule has 21 heavy (non-hydrogen) atoms. The van der Waals surface area contributed by atoms with Gasteiger partial charge in [-0.05, 0) is 41.8 Å². The first-order chi connectivity index (χ1) is 10.2. The zero-order valence-corrected chi connectivity index (χ0v) is 13.7. The maximum atomic E-state index is 6.27. The second-order valence-corrected chi connectivity index (χ2v) is 6.63. The largest absolute Gasteiger partial charge is 0.497 e. The normalized spacial score (nSPS) is 14.4. The number of nitrogens with zero attached hydrogens (tertiary/aromatic N) is 1. The smallest absolute Gasteiger partial charge is 0.119 e. The molecule has 0 bridgehead atoms. The van der Waals surface area contributed by atoms with Crippen molar-refractivity contribution in [3.05, 3.63) is 52.0 Å². The van der Waals surface area contributed by atoms with Crippen LogP contribution in [0.1, 0.15) is 5.56 Å². The van der Waals surface area contributed by atoms with Crippen LogP contribution in [0, 0.1) is 0 Å². The van der Waals surface area contributed by atoms with Gasteiger partial charge in [0.25, 0.3) is 0 Å². The molecule has 0 fully saturated rings. The molecule has 6 heteroatoms. The van der Waals surface area contributed by atoms with E-state index in [4.69, 9.17) is 27.9 Å². The van der Waals surface area contributed by atoms with Crippen molar-refractivity contribution in [1.82, 2.24) is 4.31 Å². The lowest BCUT2D eigenvalue weighted by molar-refractivity contribution is 0.412. The standard InChI is InChI=1S/C15H14Cl2N2OS/c1-20-12-4-2-3-10(5-12)8-19-9-18-14-7-11(16)6-13(17)15(14)21-19/h2-7,18H,8-9H2,1H3. The fraction of sp³-hybridized carbons (Fsp3) is 0.200. The lowest BCUT2D eigenvalue weighted by Gasteiger charge is -2.29. The number of halogens is 2. The van der Waals surface area contributed by atoms with Crippen molar-refractivity contribution in [3.63, 3.8) is 0 Å². The molecular formula is C15H14Cl2N2OS. The maximum absolute atomic E-state index is 6.27. The van der Waals surface area contributed by atoms with Crippen molar-refractivity contribution in [1.29, 1.82) is 0 Å². The summed E-state index contributed by atoms with van der Waals surface area (Å²) in [5.74, 6) is 0.868. The summed E-state index contributed by atoms with van der Waals surface area (Å²) >= 11 is 13.9. The second-order valence-electron chi connectivity index (χ2n) is 4.68. The van der Waals surface area contributed by atoms with Gasteiger partial charge in [0.15, 0.2) is 0 Å². The van der Waals surface area contributed by atoms with Crippen LogP contribution in [-0.4, -0.2) is 18.1 Å². The number of nitrogens with one attached hydrogen (secondary N) is 1. The van der Waals surface area contributed by atoms with Crippen molar-refractivity contribution >= 4 is 40.8 Å². The average Bonchev–Trinajstić information content (AvgIpc) is 2.48. The molecular weight excluding hydrogens is 327 g/mol. The van der Waals surface area contributed by atoms with E-state index in [1.165, 1.54) is 5.56 Å². The minimum atomic E-state index is 0.646. The highest BCUT2D eigenvalue weighted by Gasteiger charge is 2.20. The molecule has 0 amide bonds. The van der Waals surface area contributed by atoms with E-state index in [-0.39, 0.29) is 0 Å². The van der Waals surface area contributed by atoms with Crippen LogP contribution in [0.2, 0.25) is 10.0 Å². The molecule has 2 aromatic carbocycles. The Morgan fingerprint density at radius 3 is 2.95 bits per heavy atom. The van der Waals surface area contributed by atoms with E-state index in [0.717, 1.165) is 29.5 Å². The first-order valence-electron chi connectivity index (χ1n) is 6.44. The summed E-state index contributed by atoms with van der Waals surface area (Å²) in [6.07, 6.45) is 0. The number of rotatable bonds is 3. The molecule has 2 aromatic rings. The highest BCUT2D eigenvalue weighted by atomic mass is 35.5. The molecule has 3 rings (SSSR count). The summed E-state index contributed by atoms with van der Waals surface area (Å²) < 4.78 is 7.46. The van der Waals surface area contributed by atoms with Gasteiger partial charge < -0.3 is 10.1 Å². The lowest BCUT2D eigenvalue weighted by atomic mass is 10.2. The zero-order chi connectivity index (χ0) is 14.8. The van der Waals surface area contributed by atoms with Gasteiger partial charge in [-0.15, -0.1) is 0 Å². The molecule has 0 aliphatic carbocycles. The molecule has 1 heterocycles. The van der Waals surface area contributed by atoms with Crippen LogP contribution in [0.5, 0.6) is 5.75 Å². The molecule has 0 saturated carbocycles. The van der Waals surface area contributed by atoms with E-state index >= 15 is 0 Å². The number of anilines is 1. The second kappa shape index (κ2) is 6.36. The van der Waals surface area contributed by atoms with Crippen molar-refractivity contribution in [2.24, 2.45) is 0 Å². The third kappa shape index (κ3) is 3.40. The number of methoxy groups -OCH3 is 1. The van der Waals surface area contributed by atoms with Gasteiger partial charge in [0, 0.05) is 11.6 Å². The zero-order valence-electron chi connectivity index (χ0n) is 11.4.